The predicted octanol–water partition coefficient (Wildman–Crippen LogP) is 5.46. The highest BCUT2D eigenvalue weighted by Crippen LogP contribution is 2.35. The van der Waals surface area contributed by atoms with Crippen LogP contribution in [0.15, 0.2) is 84.0 Å². The second-order valence-electron chi connectivity index (χ2n) is 9.21. The van der Waals surface area contributed by atoms with E-state index in [1.807, 2.05) is 26.0 Å². The molecule has 1 aliphatic heterocycles. The summed E-state index contributed by atoms with van der Waals surface area (Å²) in [5.74, 6) is -0.239. The number of amides is 2. The Morgan fingerprint density at radius 3 is 2.40 bits per heavy atom. The molecule has 8 nitrogen and oxygen atoms in total. The van der Waals surface area contributed by atoms with Crippen molar-refractivity contribution in [3.05, 3.63) is 107 Å². The van der Waals surface area contributed by atoms with Crippen LogP contribution in [0.4, 0.5) is 10.1 Å². The summed E-state index contributed by atoms with van der Waals surface area (Å²) < 4.78 is 25.6. The van der Waals surface area contributed by atoms with Crippen LogP contribution in [0.1, 0.15) is 28.6 Å². The molecule has 10 heteroatoms. The molecule has 0 saturated carbocycles. The van der Waals surface area contributed by atoms with Crippen molar-refractivity contribution in [3.8, 4) is 11.5 Å². The Morgan fingerprint density at radius 2 is 1.65 bits per heavy atom. The number of anilines is 1. The van der Waals surface area contributed by atoms with Gasteiger partial charge >= 0.3 is 0 Å². The molecule has 0 radical (unpaired) electrons. The second-order valence-corrected chi connectivity index (χ2v) is 10.1. The Balaban J connectivity index is 1.48. The van der Waals surface area contributed by atoms with Crippen LogP contribution in [0.25, 0.3) is 0 Å². The lowest BCUT2D eigenvalue weighted by Crippen LogP contribution is -2.42. The van der Waals surface area contributed by atoms with Crippen LogP contribution in [-0.2, 0) is 16.1 Å². The summed E-state index contributed by atoms with van der Waals surface area (Å²) in [5.41, 5.74) is 2.93. The van der Waals surface area contributed by atoms with Gasteiger partial charge < -0.3 is 19.7 Å². The van der Waals surface area contributed by atoms with Crippen LogP contribution in [0.5, 0.6) is 11.5 Å². The van der Waals surface area contributed by atoms with E-state index in [-0.39, 0.29) is 25.0 Å². The average Bonchev–Trinajstić information content (AvgIpc) is 3.40. The highest BCUT2D eigenvalue weighted by atomic mass is 32.2. The molecule has 1 unspecified atom stereocenters. The van der Waals surface area contributed by atoms with E-state index < -0.39 is 17.8 Å². The Labute approximate surface area is 235 Å². The molecule has 1 aromatic heterocycles. The van der Waals surface area contributed by atoms with Crippen LogP contribution in [-0.4, -0.2) is 39.2 Å². The number of halogens is 1. The van der Waals surface area contributed by atoms with Gasteiger partial charge in [-0.1, -0.05) is 60.3 Å². The van der Waals surface area contributed by atoms with Crippen molar-refractivity contribution in [2.75, 3.05) is 17.9 Å². The van der Waals surface area contributed by atoms with Gasteiger partial charge in [-0.2, -0.15) is 0 Å². The first-order valence-electron chi connectivity index (χ1n) is 12.6. The summed E-state index contributed by atoms with van der Waals surface area (Å²) in [7, 11) is 0. The van der Waals surface area contributed by atoms with Gasteiger partial charge in [0.1, 0.15) is 11.9 Å². The number of ether oxygens (including phenoxy) is 2. The number of thioether (sulfide) groups is 1. The zero-order valence-corrected chi connectivity index (χ0v) is 22.8. The quantitative estimate of drug-likeness (QED) is 0.215. The molecule has 3 aromatic carbocycles. The van der Waals surface area contributed by atoms with Crippen molar-refractivity contribution >= 4 is 29.3 Å². The number of aromatic nitrogens is 2. The van der Waals surface area contributed by atoms with Crippen molar-refractivity contribution in [2.45, 2.75) is 31.6 Å². The lowest BCUT2D eigenvalue weighted by Gasteiger charge is -2.31. The topological polar surface area (TPSA) is 93.7 Å². The number of nitrogens with zero attached hydrogens (tertiary/aromatic N) is 3. The van der Waals surface area contributed by atoms with E-state index in [1.54, 1.807) is 60.7 Å². The maximum atomic E-state index is 14.8. The van der Waals surface area contributed by atoms with Crippen molar-refractivity contribution in [1.82, 2.24) is 14.9 Å². The van der Waals surface area contributed by atoms with Crippen molar-refractivity contribution in [3.63, 3.8) is 0 Å². The van der Waals surface area contributed by atoms with Gasteiger partial charge in [-0.05, 0) is 43.7 Å². The Hall–Kier alpha value is -4.44. The number of hydrogen-bond acceptors (Lipinski definition) is 7. The molecule has 2 amide bonds. The van der Waals surface area contributed by atoms with Gasteiger partial charge in [-0.3, -0.25) is 9.59 Å². The third-order valence-corrected chi connectivity index (χ3v) is 7.05. The van der Waals surface area contributed by atoms with Crippen LogP contribution in [0, 0.1) is 19.7 Å². The minimum atomic E-state index is -1.06. The fourth-order valence-electron chi connectivity index (χ4n) is 4.39. The fraction of sp³-hybridized carbons (Fsp3) is 0.200. The molecule has 1 aliphatic rings. The first-order chi connectivity index (χ1) is 19.4. The summed E-state index contributed by atoms with van der Waals surface area (Å²) in [6.07, 6.45) is 0. The van der Waals surface area contributed by atoms with Gasteiger partial charge in [-0.15, -0.1) is 0 Å². The first-order valence-corrected chi connectivity index (χ1v) is 13.6. The van der Waals surface area contributed by atoms with E-state index in [1.165, 1.54) is 22.7 Å². The molecule has 2 heterocycles. The molecule has 1 N–H and O–H groups in total. The number of nitrogens with one attached hydrogen (secondary N) is 1. The van der Waals surface area contributed by atoms with E-state index in [2.05, 4.69) is 15.3 Å². The Morgan fingerprint density at radius 1 is 0.950 bits per heavy atom. The van der Waals surface area contributed by atoms with E-state index in [0.29, 0.717) is 33.5 Å². The van der Waals surface area contributed by atoms with Gasteiger partial charge in [0.05, 0.1) is 5.75 Å². The number of carbonyl (C=O) groups is 2. The van der Waals surface area contributed by atoms with Gasteiger partial charge in [0.2, 0.25) is 12.7 Å². The third kappa shape index (κ3) is 6.40. The maximum absolute atomic E-state index is 14.8. The molecule has 0 saturated heterocycles. The highest BCUT2D eigenvalue weighted by molar-refractivity contribution is 7.99. The summed E-state index contributed by atoms with van der Waals surface area (Å²) in [4.78, 5) is 37.9. The van der Waals surface area contributed by atoms with Crippen LogP contribution in [0.3, 0.4) is 0 Å². The first kappa shape index (κ1) is 27.1. The van der Waals surface area contributed by atoms with Crippen LogP contribution in [0.2, 0.25) is 0 Å². The lowest BCUT2D eigenvalue weighted by molar-refractivity contribution is -0.137. The maximum Gasteiger partial charge on any atom is 0.251 e. The van der Waals surface area contributed by atoms with Crippen molar-refractivity contribution < 1.29 is 23.5 Å². The van der Waals surface area contributed by atoms with Gasteiger partial charge in [-0.25, -0.2) is 14.4 Å². The van der Waals surface area contributed by atoms with Crippen LogP contribution >= 0.6 is 11.8 Å². The fourth-order valence-corrected chi connectivity index (χ4v) is 5.23. The van der Waals surface area contributed by atoms with Crippen molar-refractivity contribution in [2.24, 2.45) is 0 Å². The minimum Gasteiger partial charge on any atom is -0.454 e. The number of rotatable bonds is 9. The van der Waals surface area contributed by atoms with Gasteiger partial charge in [0.25, 0.3) is 5.91 Å². The van der Waals surface area contributed by atoms with E-state index >= 15 is 0 Å². The largest absolute Gasteiger partial charge is 0.454 e. The normalized spacial score (nSPS) is 12.6. The molecule has 0 aliphatic carbocycles. The smallest absolute Gasteiger partial charge is 0.251 e. The number of hydrogen-bond donors (Lipinski definition) is 1. The molecule has 0 bridgehead atoms. The number of benzene rings is 3. The monoisotopic (exact) mass is 558 g/mol. The summed E-state index contributed by atoms with van der Waals surface area (Å²) in [6.45, 7) is 3.70. The molecule has 40 heavy (non-hydrogen) atoms. The number of fused-ring (bicyclic) bond motifs is 1. The Kier molecular flexibility index (Phi) is 8.26. The zero-order valence-electron chi connectivity index (χ0n) is 22.0. The second kappa shape index (κ2) is 12.2. The molecule has 0 fully saturated rings. The molecule has 4 aromatic rings. The van der Waals surface area contributed by atoms with E-state index in [0.717, 1.165) is 11.4 Å². The van der Waals surface area contributed by atoms with Crippen molar-refractivity contribution in [1.29, 1.82) is 0 Å². The van der Waals surface area contributed by atoms with Crippen LogP contribution < -0.4 is 14.8 Å². The minimum absolute atomic E-state index is 0.0437. The standard InChI is InChI=1S/C30H27FN4O4S/c1-19-14-20(2)33-30(32-19)40-17-27(36)35(16-22-10-6-7-11-24(22)31)28(21-8-4-3-5-9-21)29(37)34-23-12-13-25-26(15-23)39-18-38-25/h3-15,28H,16-18H2,1-2H3,(H,34,37). The van der Waals surface area contributed by atoms with E-state index in [4.69, 9.17) is 9.47 Å². The lowest BCUT2D eigenvalue weighted by atomic mass is 10.0. The molecule has 204 valence electrons. The molecule has 5 rings (SSSR count). The average molecular weight is 559 g/mol. The molecule has 0 spiro atoms. The third-order valence-electron chi connectivity index (χ3n) is 6.22. The van der Waals surface area contributed by atoms with Gasteiger partial charge in [0.15, 0.2) is 16.7 Å². The molecular weight excluding hydrogens is 531 g/mol. The summed E-state index contributed by atoms with van der Waals surface area (Å²) >= 11 is 1.17. The SMILES string of the molecule is Cc1cc(C)nc(SCC(=O)N(Cc2ccccc2F)C(C(=O)Nc2ccc3c(c2)OCO3)c2ccccc2)n1. The summed E-state index contributed by atoms with van der Waals surface area (Å²) in [6, 6.07) is 21.0. The Bertz CT molecular complexity index is 1520. The van der Waals surface area contributed by atoms with E-state index in [9.17, 15) is 14.0 Å². The summed E-state index contributed by atoms with van der Waals surface area (Å²) in [5, 5.41) is 3.36. The molecule has 1 atom stereocenters. The number of carbonyl (C=O) groups excluding carboxylic acids is 2. The highest BCUT2D eigenvalue weighted by Gasteiger charge is 2.32. The number of aryl methyl sites for hydroxylation is 2. The predicted molar refractivity (Wildman–Crippen MR) is 150 cm³/mol. The molecular formula is C30H27FN4O4S. The zero-order chi connectivity index (χ0) is 28.1. The van der Waals surface area contributed by atoms with Gasteiger partial charge in [0, 0.05) is 35.2 Å².